The van der Waals surface area contributed by atoms with Crippen LogP contribution in [0.3, 0.4) is 0 Å². The number of carbonyl (C=O) groups is 1. The highest BCUT2D eigenvalue weighted by molar-refractivity contribution is 7.10. The molecule has 1 saturated carbocycles. The normalized spacial score (nSPS) is 18.6. The molecule has 1 amide bonds. The van der Waals surface area contributed by atoms with Crippen molar-refractivity contribution in [3.8, 4) is 0 Å². The van der Waals surface area contributed by atoms with E-state index in [2.05, 4.69) is 16.4 Å². The Morgan fingerprint density at radius 1 is 1.37 bits per heavy atom. The molecular weight excluding hydrogens is 362 g/mol. The summed E-state index contributed by atoms with van der Waals surface area (Å²) in [5.41, 5.74) is 0.597. The van der Waals surface area contributed by atoms with Gasteiger partial charge < -0.3 is 14.6 Å². The summed E-state index contributed by atoms with van der Waals surface area (Å²) in [5.74, 6) is 0.777. The van der Waals surface area contributed by atoms with Crippen LogP contribution in [0.5, 0.6) is 0 Å². The van der Waals surface area contributed by atoms with Gasteiger partial charge in [-0.05, 0) is 57.9 Å². The Balaban J connectivity index is 1.64. The van der Waals surface area contributed by atoms with Crippen LogP contribution in [-0.2, 0) is 23.1 Å². The number of thiophene rings is 1. The van der Waals surface area contributed by atoms with Crippen molar-refractivity contribution < 1.29 is 9.53 Å². The predicted octanol–water partition coefficient (Wildman–Crippen LogP) is 3.59. The third-order valence-corrected chi connectivity index (χ3v) is 6.21. The SMILES string of the molecule is CC(C)(C)OC(=O)N1CCCc2nc(C3(c4cccs4)CC3)[nH]c(=O)c2C1. The van der Waals surface area contributed by atoms with Gasteiger partial charge in [-0.1, -0.05) is 6.07 Å². The third kappa shape index (κ3) is 3.52. The molecule has 0 aromatic carbocycles. The van der Waals surface area contributed by atoms with Crippen molar-refractivity contribution in [3.63, 3.8) is 0 Å². The average Bonchev–Trinajstić information content (AvgIpc) is 3.27. The highest BCUT2D eigenvalue weighted by Crippen LogP contribution is 2.53. The number of H-pyrrole nitrogens is 1. The Bertz CT molecular complexity index is 908. The summed E-state index contributed by atoms with van der Waals surface area (Å²) < 4.78 is 5.48. The summed E-state index contributed by atoms with van der Waals surface area (Å²) in [6, 6.07) is 4.16. The minimum Gasteiger partial charge on any atom is -0.444 e. The van der Waals surface area contributed by atoms with E-state index in [0.717, 1.165) is 30.8 Å². The minimum absolute atomic E-state index is 0.125. The van der Waals surface area contributed by atoms with E-state index in [0.29, 0.717) is 18.5 Å². The van der Waals surface area contributed by atoms with Crippen LogP contribution in [0.1, 0.15) is 62.0 Å². The minimum atomic E-state index is -0.556. The van der Waals surface area contributed by atoms with Gasteiger partial charge >= 0.3 is 6.09 Å². The first-order valence-electron chi connectivity index (χ1n) is 9.43. The molecule has 0 saturated heterocycles. The van der Waals surface area contributed by atoms with Crippen LogP contribution in [0.2, 0.25) is 0 Å². The summed E-state index contributed by atoms with van der Waals surface area (Å²) >= 11 is 1.71. The van der Waals surface area contributed by atoms with E-state index < -0.39 is 5.60 Å². The molecule has 4 rings (SSSR count). The Labute approximate surface area is 162 Å². The van der Waals surface area contributed by atoms with Gasteiger partial charge in [-0.2, -0.15) is 0 Å². The highest BCUT2D eigenvalue weighted by atomic mass is 32.1. The Hall–Kier alpha value is -2.15. The number of rotatable bonds is 2. The average molecular weight is 388 g/mol. The number of nitrogens with one attached hydrogen (secondary N) is 1. The first-order chi connectivity index (χ1) is 12.8. The molecule has 1 N–H and O–H groups in total. The van der Waals surface area contributed by atoms with E-state index in [1.165, 1.54) is 4.88 Å². The highest BCUT2D eigenvalue weighted by Gasteiger charge is 2.49. The fourth-order valence-corrected chi connectivity index (χ4v) is 4.59. The number of aromatic nitrogens is 2. The number of hydrogen-bond donors (Lipinski definition) is 1. The van der Waals surface area contributed by atoms with Gasteiger partial charge in [0.05, 0.1) is 23.2 Å². The lowest BCUT2D eigenvalue weighted by molar-refractivity contribution is 0.0236. The second-order valence-corrected chi connectivity index (χ2v) is 9.35. The molecule has 1 aliphatic heterocycles. The number of ether oxygens (including phenoxy) is 1. The first kappa shape index (κ1) is 18.2. The molecule has 3 heterocycles. The molecule has 2 aliphatic rings. The van der Waals surface area contributed by atoms with E-state index in [-0.39, 0.29) is 23.6 Å². The fraction of sp³-hybridized carbons (Fsp3) is 0.550. The number of fused-ring (bicyclic) bond motifs is 1. The number of nitrogens with zero attached hydrogens (tertiary/aromatic N) is 2. The molecule has 2 aromatic rings. The van der Waals surface area contributed by atoms with Gasteiger partial charge in [-0.25, -0.2) is 9.78 Å². The molecule has 144 valence electrons. The molecule has 0 radical (unpaired) electrons. The van der Waals surface area contributed by atoms with Crippen LogP contribution in [0, 0.1) is 0 Å². The zero-order valence-electron chi connectivity index (χ0n) is 16.0. The maximum atomic E-state index is 12.9. The first-order valence-corrected chi connectivity index (χ1v) is 10.3. The number of hydrogen-bond acceptors (Lipinski definition) is 5. The van der Waals surface area contributed by atoms with Crippen molar-refractivity contribution in [2.75, 3.05) is 6.54 Å². The molecule has 7 heteroatoms. The van der Waals surface area contributed by atoms with Crippen molar-refractivity contribution in [2.24, 2.45) is 0 Å². The summed E-state index contributed by atoms with van der Waals surface area (Å²) in [4.78, 5) is 36.1. The second-order valence-electron chi connectivity index (χ2n) is 8.40. The van der Waals surface area contributed by atoms with Gasteiger partial charge in [0.2, 0.25) is 0 Å². The number of aryl methyl sites for hydroxylation is 1. The molecule has 0 atom stereocenters. The standard InChI is InChI=1S/C20H25N3O3S/c1-19(2,3)26-18(25)23-10-4-6-14-13(12-23)16(24)22-17(21-14)20(8-9-20)15-7-5-11-27-15/h5,7,11H,4,6,8-10,12H2,1-3H3,(H,21,22,24). The van der Waals surface area contributed by atoms with Crippen LogP contribution in [0.4, 0.5) is 4.79 Å². The van der Waals surface area contributed by atoms with Crippen molar-refractivity contribution in [3.05, 3.63) is 49.8 Å². The predicted molar refractivity (Wildman–Crippen MR) is 104 cm³/mol. The summed E-state index contributed by atoms with van der Waals surface area (Å²) in [5, 5.41) is 2.07. The topological polar surface area (TPSA) is 75.3 Å². The quantitative estimate of drug-likeness (QED) is 0.854. The summed E-state index contributed by atoms with van der Waals surface area (Å²) in [7, 11) is 0. The van der Waals surface area contributed by atoms with Crippen molar-refractivity contribution in [2.45, 2.75) is 64.0 Å². The molecule has 1 aliphatic carbocycles. The maximum absolute atomic E-state index is 12.9. The lowest BCUT2D eigenvalue weighted by Crippen LogP contribution is -2.37. The van der Waals surface area contributed by atoms with Crippen LogP contribution in [0.15, 0.2) is 22.3 Å². The second kappa shape index (κ2) is 6.48. The Morgan fingerprint density at radius 3 is 2.78 bits per heavy atom. The molecule has 0 spiro atoms. The van der Waals surface area contributed by atoms with Gasteiger partial charge in [0, 0.05) is 11.4 Å². The molecule has 27 heavy (non-hydrogen) atoms. The molecule has 0 unspecified atom stereocenters. The largest absolute Gasteiger partial charge is 0.444 e. The van der Waals surface area contributed by atoms with Crippen molar-refractivity contribution >= 4 is 17.4 Å². The van der Waals surface area contributed by atoms with Crippen LogP contribution >= 0.6 is 11.3 Å². The monoisotopic (exact) mass is 387 g/mol. The van der Waals surface area contributed by atoms with E-state index in [9.17, 15) is 9.59 Å². The van der Waals surface area contributed by atoms with Crippen LogP contribution in [-0.4, -0.2) is 33.1 Å². The molecule has 6 nitrogen and oxygen atoms in total. The maximum Gasteiger partial charge on any atom is 0.410 e. The molecule has 1 fully saturated rings. The van der Waals surface area contributed by atoms with Crippen LogP contribution < -0.4 is 5.56 Å². The third-order valence-electron chi connectivity index (χ3n) is 5.14. The van der Waals surface area contributed by atoms with Gasteiger partial charge in [0.1, 0.15) is 11.4 Å². The number of aromatic amines is 1. The summed E-state index contributed by atoms with van der Waals surface area (Å²) in [6.45, 7) is 6.35. The van der Waals surface area contributed by atoms with Gasteiger partial charge in [-0.15, -0.1) is 11.3 Å². The van der Waals surface area contributed by atoms with Crippen LogP contribution in [0.25, 0.3) is 0 Å². The lowest BCUT2D eigenvalue weighted by Gasteiger charge is -2.26. The Morgan fingerprint density at radius 2 is 2.15 bits per heavy atom. The number of carbonyl (C=O) groups excluding carboxylic acids is 1. The van der Waals surface area contributed by atoms with E-state index in [4.69, 9.17) is 9.72 Å². The van der Waals surface area contributed by atoms with Gasteiger partial charge in [0.25, 0.3) is 5.56 Å². The smallest absolute Gasteiger partial charge is 0.410 e. The lowest BCUT2D eigenvalue weighted by atomic mass is 10.0. The fourth-order valence-electron chi connectivity index (χ4n) is 3.61. The van der Waals surface area contributed by atoms with Crippen molar-refractivity contribution in [1.29, 1.82) is 0 Å². The van der Waals surface area contributed by atoms with Gasteiger partial charge in [0.15, 0.2) is 0 Å². The van der Waals surface area contributed by atoms with Gasteiger partial charge in [-0.3, -0.25) is 4.79 Å². The molecule has 2 aromatic heterocycles. The number of amides is 1. The zero-order valence-corrected chi connectivity index (χ0v) is 16.8. The molecular formula is C20H25N3O3S. The van der Waals surface area contributed by atoms with E-state index in [1.54, 1.807) is 16.2 Å². The van der Waals surface area contributed by atoms with E-state index in [1.807, 2.05) is 26.8 Å². The van der Waals surface area contributed by atoms with Crippen molar-refractivity contribution in [1.82, 2.24) is 14.9 Å². The van der Waals surface area contributed by atoms with E-state index >= 15 is 0 Å². The molecule has 0 bridgehead atoms. The zero-order chi connectivity index (χ0) is 19.2. The summed E-state index contributed by atoms with van der Waals surface area (Å²) in [6.07, 6.45) is 3.12. The Kier molecular flexibility index (Phi) is 4.37.